The molecule has 18 heavy (non-hydrogen) atoms. The minimum atomic E-state index is 0.441. The number of imidazole rings is 1. The van der Waals surface area contributed by atoms with Crippen molar-refractivity contribution in [1.29, 1.82) is 0 Å². The first kappa shape index (κ1) is 12.0. The highest BCUT2D eigenvalue weighted by Crippen LogP contribution is 2.41. The summed E-state index contributed by atoms with van der Waals surface area (Å²) in [5, 5.41) is 0. The molecule has 2 nitrogen and oxygen atoms in total. The summed E-state index contributed by atoms with van der Waals surface area (Å²) in [4.78, 5) is 3.33. The molecule has 1 unspecified atom stereocenters. The van der Waals surface area contributed by atoms with Gasteiger partial charge in [0.15, 0.2) is 4.77 Å². The Morgan fingerprint density at radius 3 is 2.89 bits per heavy atom. The maximum atomic E-state index is 5.52. The number of nitrogens with zero attached hydrogens (tertiary/aromatic N) is 1. The van der Waals surface area contributed by atoms with Gasteiger partial charge in [0, 0.05) is 6.04 Å². The number of fused-ring (bicyclic) bond motifs is 1. The van der Waals surface area contributed by atoms with Gasteiger partial charge in [-0.25, -0.2) is 0 Å². The topological polar surface area (TPSA) is 20.7 Å². The zero-order valence-corrected chi connectivity index (χ0v) is 11.9. The van der Waals surface area contributed by atoms with Crippen LogP contribution >= 0.6 is 12.2 Å². The van der Waals surface area contributed by atoms with Crippen molar-refractivity contribution >= 4 is 23.3 Å². The summed E-state index contributed by atoms with van der Waals surface area (Å²) < 4.78 is 3.21. The van der Waals surface area contributed by atoms with E-state index in [9.17, 15) is 0 Å². The van der Waals surface area contributed by atoms with E-state index in [-0.39, 0.29) is 0 Å². The molecule has 0 spiro atoms. The van der Waals surface area contributed by atoms with Gasteiger partial charge in [-0.1, -0.05) is 32.4 Å². The van der Waals surface area contributed by atoms with Crippen LogP contribution in [0.3, 0.4) is 0 Å². The fourth-order valence-electron chi connectivity index (χ4n) is 3.32. The van der Waals surface area contributed by atoms with Gasteiger partial charge in [0.05, 0.1) is 11.0 Å². The summed E-state index contributed by atoms with van der Waals surface area (Å²) in [5.41, 5.74) is 2.85. The molecule has 2 aromatic rings. The van der Waals surface area contributed by atoms with Gasteiger partial charge < -0.3 is 9.55 Å². The predicted molar refractivity (Wildman–Crippen MR) is 78.4 cm³/mol. The average Bonchev–Trinajstić information content (AvgIpc) is 2.63. The third-order valence-corrected chi connectivity index (χ3v) is 4.47. The molecular formula is C15H20N2S. The minimum Gasteiger partial charge on any atom is -0.331 e. The Balaban J connectivity index is 2.09. The lowest BCUT2D eigenvalue weighted by Gasteiger charge is -2.36. The number of nitrogens with one attached hydrogen (secondary N) is 1. The summed E-state index contributed by atoms with van der Waals surface area (Å²) in [6.07, 6.45) is 5.11. The molecule has 0 saturated heterocycles. The lowest BCUT2D eigenvalue weighted by atomic mass is 9.75. The Labute approximate surface area is 113 Å². The van der Waals surface area contributed by atoms with Crippen molar-refractivity contribution in [1.82, 2.24) is 9.55 Å². The third-order valence-electron chi connectivity index (χ3n) is 4.17. The van der Waals surface area contributed by atoms with E-state index in [2.05, 4.69) is 47.7 Å². The highest BCUT2D eigenvalue weighted by molar-refractivity contribution is 7.71. The molecule has 0 amide bonds. The van der Waals surface area contributed by atoms with Gasteiger partial charge in [-0.3, -0.25) is 0 Å². The van der Waals surface area contributed by atoms with Crippen LogP contribution in [0, 0.1) is 10.2 Å². The lowest BCUT2D eigenvalue weighted by Crippen LogP contribution is -2.25. The van der Waals surface area contributed by atoms with Crippen molar-refractivity contribution in [2.24, 2.45) is 5.41 Å². The van der Waals surface area contributed by atoms with Gasteiger partial charge in [0.25, 0.3) is 0 Å². The first-order valence-electron chi connectivity index (χ1n) is 6.76. The molecule has 0 radical (unpaired) electrons. The maximum absolute atomic E-state index is 5.52. The number of para-hydroxylation sites is 2. The van der Waals surface area contributed by atoms with Crippen LogP contribution < -0.4 is 0 Å². The molecule has 1 N–H and O–H groups in total. The standard InChI is InChI=1S/C15H20N2S/c1-15(2)9-5-6-11(10-15)17-13-8-4-3-7-12(13)16-14(17)18/h3-4,7-8,11H,5-6,9-10H2,1-2H3,(H,16,18). The molecule has 1 aromatic heterocycles. The predicted octanol–water partition coefficient (Wildman–Crippen LogP) is 4.84. The van der Waals surface area contributed by atoms with Crippen molar-refractivity contribution in [3.8, 4) is 0 Å². The number of H-pyrrole nitrogens is 1. The van der Waals surface area contributed by atoms with Crippen molar-refractivity contribution in [2.45, 2.75) is 45.6 Å². The van der Waals surface area contributed by atoms with Crippen LogP contribution in [-0.2, 0) is 0 Å². The van der Waals surface area contributed by atoms with E-state index >= 15 is 0 Å². The SMILES string of the molecule is CC1(C)CCCC(n2c(=S)[nH]c3ccccc32)C1. The first-order valence-corrected chi connectivity index (χ1v) is 7.17. The molecule has 1 fully saturated rings. The second-order valence-corrected chi connectivity index (χ2v) is 6.62. The zero-order chi connectivity index (χ0) is 12.8. The monoisotopic (exact) mass is 260 g/mol. The molecule has 3 heteroatoms. The van der Waals surface area contributed by atoms with Crippen LogP contribution in [0.4, 0.5) is 0 Å². The van der Waals surface area contributed by atoms with Crippen molar-refractivity contribution < 1.29 is 0 Å². The van der Waals surface area contributed by atoms with E-state index in [1.165, 1.54) is 31.2 Å². The summed E-state index contributed by atoms with van der Waals surface area (Å²) in [7, 11) is 0. The third kappa shape index (κ3) is 2.01. The van der Waals surface area contributed by atoms with E-state index in [4.69, 9.17) is 12.2 Å². The maximum Gasteiger partial charge on any atom is 0.178 e. The Kier molecular flexibility index (Phi) is 2.81. The molecule has 1 heterocycles. The molecular weight excluding hydrogens is 240 g/mol. The number of rotatable bonds is 1. The number of hydrogen-bond donors (Lipinski definition) is 1. The van der Waals surface area contributed by atoms with Crippen LogP contribution in [-0.4, -0.2) is 9.55 Å². The number of benzene rings is 1. The van der Waals surface area contributed by atoms with E-state index in [1.807, 2.05) is 0 Å². The summed E-state index contributed by atoms with van der Waals surface area (Å²) in [6, 6.07) is 8.98. The van der Waals surface area contributed by atoms with Crippen LogP contribution in [0.15, 0.2) is 24.3 Å². The van der Waals surface area contributed by atoms with E-state index in [0.717, 1.165) is 10.3 Å². The molecule has 1 saturated carbocycles. The smallest absolute Gasteiger partial charge is 0.178 e. The van der Waals surface area contributed by atoms with Crippen LogP contribution in [0.1, 0.15) is 45.6 Å². The molecule has 1 aliphatic rings. The largest absolute Gasteiger partial charge is 0.331 e. The number of aromatic nitrogens is 2. The average molecular weight is 260 g/mol. The van der Waals surface area contributed by atoms with Crippen LogP contribution in [0.5, 0.6) is 0 Å². The summed E-state index contributed by atoms with van der Waals surface area (Å²) >= 11 is 5.52. The summed E-state index contributed by atoms with van der Waals surface area (Å²) in [6.45, 7) is 4.75. The first-order chi connectivity index (χ1) is 8.57. The second-order valence-electron chi connectivity index (χ2n) is 6.23. The van der Waals surface area contributed by atoms with Gasteiger partial charge in [-0.15, -0.1) is 0 Å². The molecule has 0 bridgehead atoms. The molecule has 0 aliphatic heterocycles. The lowest BCUT2D eigenvalue weighted by molar-refractivity contribution is 0.185. The Hall–Kier alpha value is -1.09. The van der Waals surface area contributed by atoms with Crippen molar-refractivity contribution in [3.63, 3.8) is 0 Å². The highest BCUT2D eigenvalue weighted by Gasteiger charge is 2.29. The zero-order valence-electron chi connectivity index (χ0n) is 11.1. The highest BCUT2D eigenvalue weighted by atomic mass is 32.1. The molecule has 1 atom stereocenters. The van der Waals surface area contributed by atoms with Gasteiger partial charge in [0.1, 0.15) is 0 Å². The van der Waals surface area contributed by atoms with Gasteiger partial charge in [-0.2, -0.15) is 0 Å². The van der Waals surface area contributed by atoms with Crippen LogP contribution in [0.2, 0.25) is 0 Å². The Bertz CT molecular complexity index is 621. The van der Waals surface area contributed by atoms with Gasteiger partial charge in [-0.05, 0) is 49.0 Å². The van der Waals surface area contributed by atoms with Crippen molar-refractivity contribution in [3.05, 3.63) is 29.0 Å². The quantitative estimate of drug-likeness (QED) is 0.728. The molecule has 1 aliphatic carbocycles. The Morgan fingerprint density at radius 2 is 2.11 bits per heavy atom. The minimum absolute atomic E-state index is 0.441. The summed E-state index contributed by atoms with van der Waals surface area (Å²) in [5.74, 6) is 0. The molecule has 96 valence electrons. The van der Waals surface area contributed by atoms with E-state index < -0.39 is 0 Å². The molecule has 3 rings (SSSR count). The second kappa shape index (κ2) is 4.23. The van der Waals surface area contributed by atoms with Gasteiger partial charge in [0.2, 0.25) is 0 Å². The van der Waals surface area contributed by atoms with Crippen molar-refractivity contribution in [2.75, 3.05) is 0 Å². The number of hydrogen-bond acceptors (Lipinski definition) is 1. The Morgan fingerprint density at radius 1 is 1.33 bits per heavy atom. The fraction of sp³-hybridized carbons (Fsp3) is 0.533. The number of aromatic amines is 1. The fourth-order valence-corrected chi connectivity index (χ4v) is 3.67. The van der Waals surface area contributed by atoms with Crippen LogP contribution in [0.25, 0.3) is 11.0 Å². The normalized spacial score (nSPS) is 23.3. The van der Waals surface area contributed by atoms with E-state index in [0.29, 0.717) is 11.5 Å². The molecule has 1 aromatic carbocycles. The van der Waals surface area contributed by atoms with E-state index in [1.54, 1.807) is 0 Å². The van der Waals surface area contributed by atoms with Gasteiger partial charge >= 0.3 is 0 Å².